The van der Waals surface area contributed by atoms with Crippen LogP contribution in [-0.4, -0.2) is 26.4 Å². The largest absolute Gasteiger partial charge is 0.361 e. The Bertz CT molecular complexity index is 901. The molecule has 3 aromatic rings. The molecule has 0 radical (unpaired) electrons. The van der Waals surface area contributed by atoms with Gasteiger partial charge in [0.1, 0.15) is 23.4 Å². The van der Waals surface area contributed by atoms with Crippen LogP contribution in [0.25, 0.3) is 0 Å². The van der Waals surface area contributed by atoms with E-state index in [-0.39, 0.29) is 17.5 Å². The second-order valence-corrected chi connectivity index (χ2v) is 7.23. The highest BCUT2D eigenvalue weighted by atomic mass is 32.2. The molecule has 0 aliphatic rings. The fraction of sp³-hybridized carbons (Fsp3) is 0.316. The number of thioether (sulfide) groups is 1. The lowest BCUT2D eigenvalue weighted by Gasteiger charge is -2.19. The minimum atomic E-state index is -0.447. The molecule has 0 spiro atoms. The van der Waals surface area contributed by atoms with Crippen molar-refractivity contribution in [2.75, 3.05) is 5.75 Å². The molecule has 0 fully saturated rings. The Labute approximate surface area is 161 Å². The van der Waals surface area contributed by atoms with Gasteiger partial charge in [-0.1, -0.05) is 17.3 Å². The van der Waals surface area contributed by atoms with Crippen LogP contribution in [0.5, 0.6) is 0 Å². The summed E-state index contributed by atoms with van der Waals surface area (Å²) in [7, 11) is 1.86. The molecule has 142 valence electrons. The summed E-state index contributed by atoms with van der Waals surface area (Å²) in [5.74, 6) is 1.95. The van der Waals surface area contributed by atoms with E-state index in [1.54, 1.807) is 18.3 Å². The third kappa shape index (κ3) is 4.57. The molecule has 0 bridgehead atoms. The Morgan fingerprint density at radius 2 is 2.07 bits per heavy atom. The number of rotatable bonds is 7. The van der Waals surface area contributed by atoms with Crippen LogP contribution in [0, 0.1) is 19.7 Å². The van der Waals surface area contributed by atoms with Gasteiger partial charge < -0.3 is 14.4 Å². The first-order chi connectivity index (χ1) is 13.0. The number of aromatic nitrogens is 3. The molecule has 8 heteroatoms. The number of carbonyl (C=O) groups excluding carboxylic acids is 1. The Morgan fingerprint density at radius 1 is 1.33 bits per heavy atom. The highest BCUT2D eigenvalue weighted by molar-refractivity contribution is 7.99. The molecule has 2 heterocycles. The second-order valence-electron chi connectivity index (χ2n) is 6.24. The summed E-state index contributed by atoms with van der Waals surface area (Å²) in [5, 5.41) is 6.92. The first-order valence-electron chi connectivity index (χ1n) is 8.47. The summed E-state index contributed by atoms with van der Waals surface area (Å²) in [5.41, 5.74) is 2.64. The summed E-state index contributed by atoms with van der Waals surface area (Å²) in [6.07, 6.45) is 3.48. The van der Waals surface area contributed by atoms with Crippen LogP contribution in [0.3, 0.4) is 0 Å². The lowest BCUT2D eigenvalue weighted by molar-refractivity contribution is -0.119. The molecule has 0 saturated carbocycles. The van der Waals surface area contributed by atoms with Gasteiger partial charge in [0.25, 0.3) is 0 Å². The van der Waals surface area contributed by atoms with Crippen molar-refractivity contribution in [3.8, 4) is 0 Å². The molecule has 1 N–H and O–H groups in total. The zero-order valence-corrected chi connectivity index (χ0v) is 16.2. The first kappa shape index (κ1) is 19.2. The van der Waals surface area contributed by atoms with Gasteiger partial charge in [0.15, 0.2) is 0 Å². The van der Waals surface area contributed by atoms with Crippen molar-refractivity contribution < 1.29 is 13.7 Å². The van der Waals surface area contributed by atoms with Gasteiger partial charge in [-0.05, 0) is 31.5 Å². The molecule has 0 aliphatic carbocycles. The number of halogens is 1. The number of carbonyl (C=O) groups is 1. The van der Waals surface area contributed by atoms with E-state index in [0.717, 1.165) is 22.6 Å². The standard InChI is InChI=1S/C19H21FN4O2S/c1-12-16(13(2)26-23-12)10-27-11-17(25)22-18(19-21-8-9-24(19)3)14-4-6-15(20)7-5-14/h4-9,18H,10-11H2,1-3H3,(H,22,25). The van der Waals surface area contributed by atoms with Crippen molar-refractivity contribution in [2.45, 2.75) is 25.6 Å². The summed E-state index contributed by atoms with van der Waals surface area (Å²) in [4.78, 5) is 16.9. The van der Waals surface area contributed by atoms with E-state index in [9.17, 15) is 9.18 Å². The van der Waals surface area contributed by atoms with Crippen molar-refractivity contribution >= 4 is 17.7 Å². The molecule has 27 heavy (non-hydrogen) atoms. The maximum Gasteiger partial charge on any atom is 0.230 e. The first-order valence-corrected chi connectivity index (χ1v) is 9.62. The van der Waals surface area contributed by atoms with Crippen molar-refractivity contribution in [1.29, 1.82) is 0 Å². The second kappa shape index (κ2) is 8.39. The summed E-state index contributed by atoms with van der Waals surface area (Å²) >= 11 is 1.49. The van der Waals surface area contributed by atoms with Gasteiger partial charge in [-0.3, -0.25) is 4.79 Å². The van der Waals surface area contributed by atoms with Gasteiger partial charge in [-0.25, -0.2) is 9.37 Å². The van der Waals surface area contributed by atoms with Gasteiger partial charge in [0.2, 0.25) is 5.91 Å². The zero-order valence-electron chi connectivity index (χ0n) is 15.4. The van der Waals surface area contributed by atoms with Crippen molar-refractivity contribution in [3.63, 3.8) is 0 Å². The molecule has 1 unspecified atom stereocenters. The Morgan fingerprint density at radius 3 is 2.67 bits per heavy atom. The molecule has 1 aromatic carbocycles. The molecule has 2 aromatic heterocycles. The number of aryl methyl sites for hydroxylation is 3. The van der Waals surface area contributed by atoms with Gasteiger partial charge >= 0.3 is 0 Å². The number of hydrogen-bond donors (Lipinski definition) is 1. The maximum atomic E-state index is 13.3. The van der Waals surface area contributed by atoms with E-state index in [1.807, 2.05) is 31.7 Å². The third-order valence-corrected chi connectivity index (χ3v) is 5.25. The van der Waals surface area contributed by atoms with Crippen molar-refractivity contribution in [2.24, 2.45) is 7.05 Å². The fourth-order valence-electron chi connectivity index (χ4n) is 2.76. The van der Waals surface area contributed by atoms with Crippen LogP contribution < -0.4 is 5.32 Å². The number of benzene rings is 1. The summed E-state index contributed by atoms with van der Waals surface area (Å²) in [6, 6.07) is 5.63. The van der Waals surface area contributed by atoms with Crippen LogP contribution in [0.4, 0.5) is 4.39 Å². The van der Waals surface area contributed by atoms with E-state index in [2.05, 4.69) is 15.5 Å². The lowest BCUT2D eigenvalue weighted by atomic mass is 10.1. The molecule has 3 rings (SSSR count). The van der Waals surface area contributed by atoms with E-state index in [0.29, 0.717) is 11.6 Å². The van der Waals surface area contributed by atoms with Crippen molar-refractivity contribution in [1.82, 2.24) is 20.0 Å². The monoisotopic (exact) mass is 388 g/mol. The Hall–Kier alpha value is -2.61. The van der Waals surface area contributed by atoms with Gasteiger partial charge in [0, 0.05) is 30.8 Å². The highest BCUT2D eigenvalue weighted by Gasteiger charge is 2.21. The molecular formula is C19H21FN4O2S. The molecular weight excluding hydrogens is 367 g/mol. The molecule has 1 atom stereocenters. The lowest BCUT2D eigenvalue weighted by Crippen LogP contribution is -2.32. The number of nitrogens with one attached hydrogen (secondary N) is 1. The summed E-state index contributed by atoms with van der Waals surface area (Å²) in [6.45, 7) is 3.75. The summed E-state index contributed by atoms with van der Waals surface area (Å²) < 4.78 is 20.3. The minimum absolute atomic E-state index is 0.121. The molecule has 6 nitrogen and oxygen atoms in total. The quantitative estimate of drug-likeness (QED) is 0.672. The number of nitrogens with zero attached hydrogens (tertiary/aromatic N) is 3. The van der Waals surface area contributed by atoms with Crippen LogP contribution >= 0.6 is 11.8 Å². The van der Waals surface area contributed by atoms with Crippen molar-refractivity contribution in [3.05, 3.63) is 70.9 Å². The third-order valence-electron chi connectivity index (χ3n) is 4.29. The predicted octanol–water partition coefficient (Wildman–Crippen LogP) is 3.30. The SMILES string of the molecule is Cc1noc(C)c1CSCC(=O)NC(c1ccc(F)cc1)c1nccn1C. The minimum Gasteiger partial charge on any atom is -0.361 e. The highest BCUT2D eigenvalue weighted by Crippen LogP contribution is 2.22. The molecule has 0 saturated heterocycles. The number of hydrogen-bond acceptors (Lipinski definition) is 5. The maximum absolute atomic E-state index is 13.3. The number of amides is 1. The Kier molecular flexibility index (Phi) is 5.95. The van der Waals surface area contributed by atoms with E-state index in [4.69, 9.17) is 4.52 Å². The van der Waals surface area contributed by atoms with Crippen LogP contribution in [0.2, 0.25) is 0 Å². The molecule has 0 aliphatic heterocycles. The topological polar surface area (TPSA) is 73.0 Å². The predicted molar refractivity (Wildman–Crippen MR) is 102 cm³/mol. The van der Waals surface area contributed by atoms with Crippen LogP contribution in [-0.2, 0) is 17.6 Å². The fourth-order valence-corrected chi connectivity index (χ4v) is 3.75. The normalized spacial score (nSPS) is 12.1. The van der Waals surface area contributed by atoms with E-state index >= 15 is 0 Å². The molecule has 1 amide bonds. The van der Waals surface area contributed by atoms with Gasteiger partial charge in [-0.15, -0.1) is 11.8 Å². The average Bonchev–Trinajstić information content (AvgIpc) is 3.20. The van der Waals surface area contributed by atoms with Gasteiger partial charge in [0.05, 0.1) is 11.4 Å². The number of imidazole rings is 1. The van der Waals surface area contributed by atoms with Crippen LogP contribution in [0.15, 0.2) is 41.2 Å². The van der Waals surface area contributed by atoms with Gasteiger partial charge in [-0.2, -0.15) is 0 Å². The van der Waals surface area contributed by atoms with E-state index in [1.165, 1.54) is 23.9 Å². The Balaban J connectivity index is 1.67. The van der Waals surface area contributed by atoms with E-state index < -0.39 is 6.04 Å². The smallest absolute Gasteiger partial charge is 0.230 e. The average molecular weight is 388 g/mol. The van der Waals surface area contributed by atoms with Crippen LogP contribution in [0.1, 0.15) is 34.4 Å². The zero-order chi connectivity index (χ0) is 19.4.